The van der Waals surface area contributed by atoms with E-state index in [1.807, 2.05) is 12.1 Å². The summed E-state index contributed by atoms with van der Waals surface area (Å²) in [4.78, 5) is 2.47. The van der Waals surface area contributed by atoms with E-state index in [0.717, 1.165) is 38.4 Å². The predicted octanol–water partition coefficient (Wildman–Crippen LogP) is 2.05. The van der Waals surface area contributed by atoms with Crippen LogP contribution in [-0.2, 0) is 4.74 Å². The van der Waals surface area contributed by atoms with Crippen LogP contribution < -0.4 is 5.73 Å². The SMILES string of the molecule is CC(c1ccc(N)cc1)N1CCCOCC1. The first-order valence-electron chi connectivity index (χ1n) is 5.94. The Kier molecular flexibility index (Phi) is 3.80. The molecule has 0 saturated carbocycles. The summed E-state index contributed by atoms with van der Waals surface area (Å²) in [7, 11) is 0. The molecule has 1 fully saturated rings. The molecule has 1 atom stereocenters. The largest absolute Gasteiger partial charge is 0.399 e. The molecule has 1 aliphatic heterocycles. The highest BCUT2D eigenvalue weighted by molar-refractivity contribution is 5.40. The zero-order valence-corrected chi connectivity index (χ0v) is 9.86. The normalized spacial score (nSPS) is 20.3. The Labute approximate surface area is 97.2 Å². The topological polar surface area (TPSA) is 38.5 Å². The highest BCUT2D eigenvalue weighted by atomic mass is 16.5. The van der Waals surface area contributed by atoms with Gasteiger partial charge in [-0.1, -0.05) is 12.1 Å². The smallest absolute Gasteiger partial charge is 0.0593 e. The molecule has 88 valence electrons. The number of benzene rings is 1. The number of rotatable bonds is 2. The molecule has 1 saturated heterocycles. The molecule has 1 unspecified atom stereocenters. The summed E-state index contributed by atoms with van der Waals surface area (Å²) in [5.41, 5.74) is 7.86. The van der Waals surface area contributed by atoms with E-state index in [-0.39, 0.29) is 0 Å². The second-order valence-corrected chi connectivity index (χ2v) is 4.34. The van der Waals surface area contributed by atoms with Gasteiger partial charge in [0.2, 0.25) is 0 Å². The standard InChI is InChI=1S/C13H20N2O/c1-11(12-3-5-13(14)6-4-12)15-7-2-9-16-10-8-15/h3-6,11H,2,7-10,14H2,1H3. The summed E-state index contributed by atoms with van der Waals surface area (Å²) < 4.78 is 5.47. The molecule has 16 heavy (non-hydrogen) atoms. The van der Waals surface area contributed by atoms with Gasteiger partial charge in [0.25, 0.3) is 0 Å². The molecule has 0 bridgehead atoms. The summed E-state index contributed by atoms with van der Waals surface area (Å²) in [5, 5.41) is 0. The summed E-state index contributed by atoms with van der Waals surface area (Å²) in [6.45, 7) is 6.12. The van der Waals surface area contributed by atoms with Gasteiger partial charge in [0.1, 0.15) is 0 Å². The number of nitrogens with zero attached hydrogens (tertiary/aromatic N) is 1. The molecule has 3 heteroatoms. The third-order valence-electron chi connectivity index (χ3n) is 3.22. The van der Waals surface area contributed by atoms with Gasteiger partial charge in [-0.2, -0.15) is 0 Å². The molecule has 0 spiro atoms. The quantitative estimate of drug-likeness (QED) is 0.775. The molecule has 3 nitrogen and oxygen atoms in total. The van der Waals surface area contributed by atoms with E-state index in [1.165, 1.54) is 5.56 Å². The highest BCUT2D eigenvalue weighted by Gasteiger charge is 2.16. The number of nitrogens with two attached hydrogens (primary N) is 1. The van der Waals surface area contributed by atoms with Crippen LogP contribution in [0.1, 0.15) is 24.9 Å². The highest BCUT2D eigenvalue weighted by Crippen LogP contribution is 2.21. The summed E-state index contributed by atoms with van der Waals surface area (Å²) in [5.74, 6) is 0. The maximum absolute atomic E-state index is 5.70. The molecular weight excluding hydrogens is 200 g/mol. The molecule has 0 aliphatic carbocycles. The Hall–Kier alpha value is -1.06. The van der Waals surface area contributed by atoms with Gasteiger partial charge in [-0.15, -0.1) is 0 Å². The number of anilines is 1. The summed E-state index contributed by atoms with van der Waals surface area (Å²) in [6.07, 6.45) is 1.12. The zero-order valence-electron chi connectivity index (χ0n) is 9.86. The van der Waals surface area contributed by atoms with E-state index in [1.54, 1.807) is 0 Å². The van der Waals surface area contributed by atoms with Crippen LogP contribution in [0.2, 0.25) is 0 Å². The lowest BCUT2D eigenvalue weighted by atomic mass is 10.1. The minimum atomic E-state index is 0.447. The van der Waals surface area contributed by atoms with Crippen LogP contribution in [0.15, 0.2) is 24.3 Å². The summed E-state index contributed by atoms with van der Waals surface area (Å²) >= 11 is 0. The van der Waals surface area contributed by atoms with Crippen LogP contribution in [0.4, 0.5) is 5.69 Å². The van der Waals surface area contributed by atoms with Crippen molar-refractivity contribution in [1.82, 2.24) is 4.90 Å². The van der Waals surface area contributed by atoms with Gasteiger partial charge in [0, 0.05) is 31.4 Å². The van der Waals surface area contributed by atoms with Crippen molar-refractivity contribution in [2.75, 3.05) is 32.0 Å². The molecule has 0 amide bonds. The molecule has 1 aliphatic rings. The number of nitrogen functional groups attached to an aromatic ring is 1. The minimum Gasteiger partial charge on any atom is -0.399 e. The Morgan fingerprint density at radius 1 is 1.19 bits per heavy atom. The van der Waals surface area contributed by atoms with Crippen molar-refractivity contribution in [2.24, 2.45) is 0 Å². The zero-order chi connectivity index (χ0) is 11.4. The first-order valence-corrected chi connectivity index (χ1v) is 5.94. The van der Waals surface area contributed by atoms with Gasteiger partial charge in [0.05, 0.1) is 6.61 Å². The molecule has 1 aromatic rings. The van der Waals surface area contributed by atoms with Crippen LogP contribution >= 0.6 is 0 Å². The van der Waals surface area contributed by atoms with Crippen LogP contribution in [-0.4, -0.2) is 31.2 Å². The molecule has 2 rings (SSSR count). The van der Waals surface area contributed by atoms with E-state index in [0.29, 0.717) is 6.04 Å². The third-order valence-corrected chi connectivity index (χ3v) is 3.22. The number of hydrogen-bond donors (Lipinski definition) is 1. The molecule has 2 N–H and O–H groups in total. The lowest BCUT2D eigenvalue weighted by Gasteiger charge is -2.27. The average Bonchev–Trinajstić information content (AvgIpc) is 2.57. The first-order chi connectivity index (χ1) is 7.77. The van der Waals surface area contributed by atoms with E-state index in [4.69, 9.17) is 10.5 Å². The first kappa shape index (κ1) is 11.4. The van der Waals surface area contributed by atoms with E-state index >= 15 is 0 Å². The number of hydrogen-bond acceptors (Lipinski definition) is 3. The van der Waals surface area contributed by atoms with E-state index in [2.05, 4.69) is 24.0 Å². The maximum Gasteiger partial charge on any atom is 0.0593 e. The molecule has 0 radical (unpaired) electrons. The van der Waals surface area contributed by atoms with Gasteiger partial charge in [-0.3, -0.25) is 4.90 Å². The Bertz CT molecular complexity index is 315. The van der Waals surface area contributed by atoms with Crippen molar-refractivity contribution in [2.45, 2.75) is 19.4 Å². The predicted molar refractivity (Wildman–Crippen MR) is 66.3 cm³/mol. The van der Waals surface area contributed by atoms with Crippen molar-refractivity contribution in [3.05, 3.63) is 29.8 Å². The van der Waals surface area contributed by atoms with Crippen LogP contribution in [0.5, 0.6) is 0 Å². The van der Waals surface area contributed by atoms with Gasteiger partial charge < -0.3 is 10.5 Å². The van der Waals surface area contributed by atoms with Crippen molar-refractivity contribution in [3.63, 3.8) is 0 Å². The van der Waals surface area contributed by atoms with Gasteiger partial charge >= 0.3 is 0 Å². The Morgan fingerprint density at radius 2 is 1.94 bits per heavy atom. The fourth-order valence-corrected chi connectivity index (χ4v) is 2.14. The fraction of sp³-hybridized carbons (Fsp3) is 0.538. The Morgan fingerprint density at radius 3 is 2.69 bits per heavy atom. The van der Waals surface area contributed by atoms with Gasteiger partial charge in [0.15, 0.2) is 0 Å². The maximum atomic E-state index is 5.70. The Balaban J connectivity index is 2.04. The van der Waals surface area contributed by atoms with Crippen LogP contribution in [0.25, 0.3) is 0 Å². The van der Waals surface area contributed by atoms with Crippen molar-refractivity contribution >= 4 is 5.69 Å². The molecule has 1 aromatic carbocycles. The second kappa shape index (κ2) is 5.32. The third kappa shape index (κ3) is 2.74. The minimum absolute atomic E-state index is 0.447. The monoisotopic (exact) mass is 220 g/mol. The van der Waals surface area contributed by atoms with Gasteiger partial charge in [-0.05, 0) is 31.0 Å². The molecular formula is C13H20N2O. The van der Waals surface area contributed by atoms with E-state index in [9.17, 15) is 0 Å². The van der Waals surface area contributed by atoms with Crippen LogP contribution in [0.3, 0.4) is 0 Å². The van der Waals surface area contributed by atoms with Gasteiger partial charge in [-0.25, -0.2) is 0 Å². The van der Waals surface area contributed by atoms with Crippen LogP contribution in [0, 0.1) is 0 Å². The molecule has 1 heterocycles. The lowest BCUT2D eigenvalue weighted by Crippen LogP contribution is -2.29. The molecule has 0 aromatic heterocycles. The van der Waals surface area contributed by atoms with Crippen molar-refractivity contribution in [1.29, 1.82) is 0 Å². The second-order valence-electron chi connectivity index (χ2n) is 4.34. The number of ether oxygens (including phenoxy) is 1. The average molecular weight is 220 g/mol. The lowest BCUT2D eigenvalue weighted by molar-refractivity contribution is 0.134. The van der Waals surface area contributed by atoms with E-state index < -0.39 is 0 Å². The fourth-order valence-electron chi connectivity index (χ4n) is 2.14. The summed E-state index contributed by atoms with van der Waals surface area (Å²) in [6, 6.07) is 8.62. The van der Waals surface area contributed by atoms with Crippen molar-refractivity contribution < 1.29 is 4.74 Å². The van der Waals surface area contributed by atoms with Crippen molar-refractivity contribution in [3.8, 4) is 0 Å².